The lowest BCUT2D eigenvalue weighted by Crippen LogP contribution is -2.51. The fourth-order valence-corrected chi connectivity index (χ4v) is 3.09. The standard InChI is InChI=1S/C17H35N3O2/c1-13(2)11-20-8-6-14(7-9-20)18-16(22)19-15(12-21)10-17(3,4)5/h13-15,21H,6-12H2,1-5H3,(H2,18,19,22). The molecule has 0 spiro atoms. The van der Waals surface area contributed by atoms with Crippen molar-refractivity contribution in [2.75, 3.05) is 26.2 Å². The number of nitrogens with zero attached hydrogens (tertiary/aromatic N) is 1. The fraction of sp³-hybridized carbons (Fsp3) is 0.941. The smallest absolute Gasteiger partial charge is 0.315 e. The highest BCUT2D eigenvalue weighted by atomic mass is 16.3. The molecule has 1 unspecified atom stereocenters. The number of nitrogens with one attached hydrogen (secondary N) is 2. The average molecular weight is 313 g/mol. The maximum absolute atomic E-state index is 12.1. The van der Waals surface area contributed by atoms with E-state index in [1.807, 2.05) is 0 Å². The van der Waals surface area contributed by atoms with Crippen LogP contribution >= 0.6 is 0 Å². The Hall–Kier alpha value is -0.810. The Bertz CT molecular complexity index is 331. The van der Waals surface area contributed by atoms with Gasteiger partial charge in [-0.3, -0.25) is 0 Å². The SMILES string of the molecule is CC(C)CN1CCC(NC(=O)NC(CO)CC(C)(C)C)CC1. The van der Waals surface area contributed by atoms with E-state index in [0.717, 1.165) is 38.9 Å². The summed E-state index contributed by atoms with van der Waals surface area (Å²) in [5, 5.41) is 15.4. The second-order valence-corrected chi connectivity index (χ2v) is 8.23. The van der Waals surface area contributed by atoms with Crippen LogP contribution < -0.4 is 10.6 Å². The zero-order chi connectivity index (χ0) is 16.8. The second-order valence-electron chi connectivity index (χ2n) is 8.23. The van der Waals surface area contributed by atoms with Gasteiger partial charge in [0.2, 0.25) is 0 Å². The van der Waals surface area contributed by atoms with Crippen molar-refractivity contribution >= 4 is 6.03 Å². The highest BCUT2D eigenvalue weighted by Gasteiger charge is 2.23. The van der Waals surface area contributed by atoms with Crippen LogP contribution in [0.3, 0.4) is 0 Å². The molecule has 1 aliphatic heterocycles. The summed E-state index contributed by atoms with van der Waals surface area (Å²) in [6.07, 6.45) is 2.77. The van der Waals surface area contributed by atoms with Crippen molar-refractivity contribution in [1.29, 1.82) is 0 Å². The van der Waals surface area contributed by atoms with E-state index in [1.54, 1.807) is 0 Å². The van der Waals surface area contributed by atoms with Gasteiger partial charge in [0.15, 0.2) is 0 Å². The number of rotatable bonds is 6. The molecule has 1 atom stereocenters. The lowest BCUT2D eigenvalue weighted by Gasteiger charge is -2.33. The van der Waals surface area contributed by atoms with Gasteiger partial charge in [0.05, 0.1) is 12.6 Å². The van der Waals surface area contributed by atoms with Crippen molar-refractivity contribution in [3.8, 4) is 0 Å². The monoisotopic (exact) mass is 313 g/mol. The minimum absolute atomic E-state index is 0.0163. The third kappa shape index (κ3) is 7.99. The molecule has 22 heavy (non-hydrogen) atoms. The summed E-state index contributed by atoms with van der Waals surface area (Å²) in [7, 11) is 0. The number of likely N-dealkylation sites (tertiary alicyclic amines) is 1. The number of carbonyl (C=O) groups is 1. The van der Waals surface area contributed by atoms with Gasteiger partial charge in [-0.25, -0.2) is 4.79 Å². The van der Waals surface area contributed by atoms with Gasteiger partial charge in [0.1, 0.15) is 0 Å². The summed E-state index contributed by atoms with van der Waals surface area (Å²) >= 11 is 0. The molecule has 0 bridgehead atoms. The first-order valence-electron chi connectivity index (χ1n) is 8.60. The van der Waals surface area contributed by atoms with Crippen molar-refractivity contribution in [2.45, 2.75) is 66.0 Å². The van der Waals surface area contributed by atoms with Gasteiger partial charge in [-0.2, -0.15) is 0 Å². The van der Waals surface area contributed by atoms with E-state index in [4.69, 9.17) is 0 Å². The Labute approximate surface area is 135 Å². The van der Waals surface area contributed by atoms with Gasteiger partial charge in [0.25, 0.3) is 0 Å². The number of aliphatic hydroxyl groups is 1. The maximum Gasteiger partial charge on any atom is 0.315 e. The Kier molecular flexibility index (Phi) is 7.63. The highest BCUT2D eigenvalue weighted by Crippen LogP contribution is 2.20. The van der Waals surface area contributed by atoms with E-state index < -0.39 is 0 Å². The normalized spacial score (nSPS) is 19.2. The van der Waals surface area contributed by atoms with Gasteiger partial charge in [-0.1, -0.05) is 34.6 Å². The van der Waals surface area contributed by atoms with Crippen molar-refractivity contribution in [2.24, 2.45) is 11.3 Å². The molecule has 0 aromatic heterocycles. The molecular formula is C17H35N3O2. The van der Waals surface area contributed by atoms with Crippen LogP contribution in [0.25, 0.3) is 0 Å². The van der Waals surface area contributed by atoms with E-state index in [1.165, 1.54) is 0 Å². The lowest BCUT2D eigenvalue weighted by atomic mass is 9.88. The molecule has 1 rings (SSSR count). The first kappa shape index (κ1) is 19.2. The van der Waals surface area contributed by atoms with Crippen LogP contribution in [0.1, 0.15) is 53.9 Å². The average Bonchev–Trinajstić information content (AvgIpc) is 2.38. The number of carbonyl (C=O) groups excluding carboxylic acids is 1. The minimum Gasteiger partial charge on any atom is -0.394 e. The molecular weight excluding hydrogens is 278 g/mol. The van der Waals surface area contributed by atoms with Crippen LogP contribution in [0.15, 0.2) is 0 Å². The van der Waals surface area contributed by atoms with Crippen molar-refractivity contribution in [3.05, 3.63) is 0 Å². The molecule has 1 fully saturated rings. The second kappa shape index (κ2) is 8.73. The number of piperidine rings is 1. The van der Waals surface area contributed by atoms with Gasteiger partial charge in [-0.15, -0.1) is 0 Å². The molecule has 0 aromatic rings. The summed E-state index contributed by atoms with van der Waals surface area (Å²) in [6, 6.07) is -0.0796. The molecule has 1 heterocycles. The third-order valence-corrected chi connectivity index (χ3v) is 3.96. The first-order chi connectivity index (χ1) is 10.2. The van der Waals surface area contributed by atoms with Crippen LogP contribution in [0.5, 0.6) is 0 Å². The lowest BCUT2D eigenvalue weighted by molar-refractivity contribution is 0.169. The number of aliphatic hydroxyl groups excluding tert-OH is 1. The molecule has 2 amide bonds. The van der Waals surface area contributed by atoms with E-state index in [0.29, 0.717) is 5.92 Å². The van der Waals surface area contributed by atoms with Gasteiger partial charge < -0.3 is 20.6 Å². The van der Waals surface area contributed by atoms with E-state index in [2.05, 4.69) is 50.2 Å². The molecule has 1 aliphatic rings. The van der Waals surface area contributed by atoms with Crippen molar-refractivity contribution in [3.63, 3.8) is 0 Å². The molecule has 5 nitrogen and oxygen atoms in total. The number of amides is 2. The Morgan fingerprint density at radius 3 is 2.32 bits per heavy atom. The Morgan fingerprint density at radius 1 is 1.27 bits per heavy atom. The summed E-state index contributed by atoms with van der Waals surface area (Å²) in [4.78, 5) is 14.5. The number of hydrogen-bond acceptors (Lipinski definition) is 3. The van der Waals surface area contributed by atoms with E-state index >= 15 is 0 Å². The molecule has 0 aliphatic carbocycles. The van der Waals surface area contributed by atoms with Crippen LogP contribution in [-0.4, -0.2) is 54.4 Å². The molecule has 5 heteroatoms. The largest absolute Gasteiger partial charge is 0.394 e. The van der Waals surface area contributed by atoms with E-state index in [9.17, 15) is 9.90 Å². The zero-order valence-electron chi connectivity index (χ0n) is 15.0. The quantitative estimate of drug-likeness (QED) is 0.704. The summed E-state index contributed by atoms with van der Waals surface area (Å²) in [6.45, 7) is 14.0. The molecule has 3 N–H and O–H groups in total. The van der Waals surface area contributed by atoms with Gasteiger partial charge in [-0.05, 0) is 30.6 Å². The van der Waals surface area contributed by atoms with Crippen molar-refractivity contribution in [1.82, 2.24) is 15.5 Å². The van der Waals surface area contributed by atoms with Crippen LogP contribution in [-0.2, 0) is 0 Å². The third-order valence-electron chi connectivity index (χ3n) is 3.96. The molecule has 1 saturated heterocycles. The summed E-state index contributed by atoms with van der Waals surface area (Å²) in [5.74, 6) is 0.690. The molecule has 130 valence electrons. The van der Waals surface area contributed by atoms with E-state index in [-0.39, 0.29) is 30.1 Å². The Balaban J connectivity index is 2.31. The van der Waals surface area contributed by atoms with Crippen LogP contribution in [0.2, 0.25) is 0 Å². The number of urea groups is 1. The zero-order valence-corrected chi connectivity index (χ0v) is 15.0. The van der Waals surface area contributed by atoms with Crippen molar-refractivity contribution < 1.29 is 9.90 Å². The minimum atomic E-state index is -0.180. The molecule has 0 radical (unpaired) electrons. The van der Waals surface area contributed by atoms with Gasteiger partial charge >= 0.3 is 6.03 Å². The summed E-state index contributed by atoms with van der Waals surface area (Å²) in [5.41, 5.74) is 0.0862. The predicted molar refractivity (Wildman–Crippen MR) is 90.9 cm³/mol. The highest BCUT2D eigenvalue weighted by molar-refractivity contribution is 5.74. The Morgan fingerprint density at radius 2 is 1.86 bits per heavy atom. The topological polar surface area (TPSA) is 64.6 Å². The number of hydrogen-bond donors (Lipinski definition) is 3. The fourth-order valence-electron chi connectivity index (χ4n) is 3.09. The first-order valence-corrected chi connectivity index (χ1v) is 8.60. The van der Waals surface area contributed by atoms with Crippen LogP contribution in [0, 0.1) is 11.3 Å². The van der Waals surface area contributed by atoms with Crippen LogP contribution in [0.4, 0.5) is 4.79 Å². The molecule has 0 saturated carbocycles. The maximum atomic E-state index is 12.1. The molecule has 0 aromatic carbocycles. The summed E-state index contributed by atoms with van der Waals surface area (Å²) < 4.78 is 0. The predicted octanol–water partition coefficient (Wildman–Crippen LogP) is 2.20. The van der Waals surface area contributed by atoms with Gasteiger partial charge in [0, 0.05) is 25.7 Å².